The highest BCUT2D eigenvalue weighted by molar-refractivity contribution is 6.21. The molecule has 2 saturated heterocycles. The Morgan fingerprint density at radius 3 is 2.45 bits per heavy atom. The van der Waals surface area contributed by atoms with Crippen LogP contribution in [-0.2, 0) is 14.4 Å². The molecule has 3 heterocycles. The van der Waals surface area contributed by atoms with Gasteiger partial charge in [0.05, 0.1) is 18.3 Å². The number of carbonyl (C=O) groups excluding carboxylic acids is 3. The summed E-state index contributed by atoms with van der Waals surface area (Å²) >= 11 is 0. The van der Waals surface area contributed by atoms with Crippen LogP contribution in [0.4, 0.5) is 17.2 Å². The lowest BCUT2D eigenvalue weighted by Gasteiger charge is -2.31. The number of carbonyl (C=O) groups is 3. The number of nitrogens with one attached hydrogen (secondary N) is 3. The molecule has 0 bridgehead atoms. The van der Waals surface area contributed by atoms with Crippen molar-refractivity contribution in [3.63, 3.8) is 0 Å². The molecule has 150 valence electrons. The molecule has 2 fully saturated rings. The van der Waals surface area contributed by atoms with Crippen LogP contribution >= 0.6 is 0 Å². The van der Waals surface area contributed by atoms with Gasteiger partial charge < -0.3 is 10.2 Å². The topological polar surface area (TPSA) is 88.3 Å². The SMILES string of the molecule is CC(=O)Nc1ccc(N2C(=O)C[C@@H]([NH+]3CCN(c4cccc[nH+]4)CC3)C2=O)cc1. The van der Waals surface area contributed by atoms with Crippen molar-refractivity contribution < 1.29 is 24.3 Å². The molecule has 0 saturated carbocycles. The Balaban J connectivity index is 1.41. The number of piperazine rings is 1. The molecule has 3 amide bonds. The van der Waals surface area contributed by atoms with Crippen LogP contribution in [0.1, 0.15) is 13.3 Å². The van der Waals surface area contributed by atoms with E-state index in [0.717, 1.165) is 36.9 Å². The summed E-state index contributed by atoms with van der Waals surface area (Å²) in [5.41, 5.74) is 1.19. The summed E-state index contributed by atoms with van der Waals surface area (Å²) in [5.74, 6) is 0.596. The van der Waals surface area contributed by atoms with Crippen molar-refractivity contribution >= 4 is 34.9 Å². The predicted molar refractivity (Wildman–Crippen MR) is 108 cm³/mol. The zero-order chi connectivity index (χ0) is 20.4. The number of amides is 3. The van der Waals surface area contributed by atoms with Gasteiger partial charge in [-0.15, -0.1) is 0 Å². The molecule has 1 atom stereocenters. The molecule has 8 nitrogen and oxygen atoms in total. The van der Waals surface area contributed by atoms with Gasteiger partial charge in [0, 0.05) is 18.7 Å². The van der Waals surface area contributed by atoms with Crippen LogP contribution in [0, 0.1) is 0 Å². The second kappa shape index (κ2) is 8.00. The van der Waals surface area contributed by atoms with Crippen molar-refractivity contribution in [1.82, 2.24) is 0 Å². The number of anilines is 3. The lowest BCUT2D eigenvalue weighted by molar-refractivity contribution is -0.915. The number of imide groups is 1. The van der Waals surface area contributed by atoms with Gasteiger partial charge >= 0.3 is 0 Å². The zero-order valence-corrected chi connectivity index (χ0v) is 16.4. The number of rotatable bonds is 4. The Hall–Kier alpha value is -3.26. The maximum Gasteiger partial charge on any atom is 0.292 e. The van der Waals surface area contributed by atoms with Gasteiger partial charge in [0.25, 0.3) is 11.7 Å². The highest BCUT2D eigenvalue weighted by Gasteiger charge is 2.47. The highest BCUT2D eigenvalue weighted by atomic mass is 16.2. The van der Waals surface area contributed by atoms with E-state index >= 15 is 0 Å². The number of quaternary nitrogens is 1. The van der Waals surface area contributed by atoms with Gasteiger partial charge in [-0.3, -0.25) is 19.3 Å². The zero-order valence-electron chi connectivity index (χ0n) is 16.4. The number of nitrogens with zero attached hydrogens (tertiary/aromatic N) is 2. The van der Waals surface area contributed by atoms with Crippen LogP contribution in [0.2, 0.25) is 0 Å². The van der Waals surface area contributed by atoms with Crippen molar-refractivity contribution in [3.05, 3.63) is 48.7 Å². The van der Waals surface area contributed by atoms with Gasteiger partial charge in [0.15, 0.2) is 6.04 Å². The standard InChI is InChI=1S/C21H23N5O3/c1-15(27)23-16-5-7-17(8-6-16)26-20(28)14-18(21(26)29)24-10-12-25(13-11-24)19-4-2-3-9-22-19/h2-9,18H,10-14H2,1H3,(H,23,27)/p+2/t18-/m1/s1. The molecular weight excluding hydrogens is 370 g/mol. The molecule has 8 heteroatoms. The first kappa shape index (κ1) is 19.1. The number of hydrogen-bond donors (Lipinski definition) is 2. The summed E-state index contributed by atoms with van der Waals surface area (Å²) in [6.07, 6.45) is 2.14. The predicted octanol–water partition coefficient (Wildman–Crippen LogP) is -0.504. The van der Waals surface area contributed by atoms with Gasteiger partial charge in [-0.2, -0.15) is 0 Å². The fraction of sp³-hybridized carbons (Fsp3) is 0.333. The molecule has 0 unspecified atom stereocenters. The van der Waals surface area contributed by atoms with E-state index in [1.54, 1.807) is 24.3 Å². The number of benzene rings is 1. The summed E-state index contributed by atoms with van der Waals surface area (Å²) < 4.78 is 0. The molecule has 0 aliphatic carbocycles. The smallest absolute Gasteiger partial charge is 0.292 e. The van der Waals surface area contributed by atoms with Gasteiger partial charge in [-0.25, -0.2) is 9.88 Å². The Morgan fingerprint density at radius 2 is 1.83 bits per heavy atom. The molecule has 2 aliphatic heterocycles. The molecule has 1 aromatic heterocycles. The van der Waals surface area contributed by atoms with Crippen LogP contribution in [0.15, 0.2) is 48.7 Å². The summed E-state index contributed by atoms with van der Waals surface area (Å²) in [6.45, 7) is 4.71. The maximum absolute atomic E-state index is 13.0. The van der Waals surface area contributed by atoms with E-state index in [9.17, 15) is 14.4 Å². The first-order chi connectivity index (χ1) is 14.0. The minimum absolute atomic E-state index is 0.142. The quantitative estimate of drug-likeness (QED) is 0.683. The first-order valence-corrected chi connectivity index (χ1v) is 9.83. The van der Waals surface area contributed by atoms with Crippen LogP contribution in [-0.4, -0.2) is 49.9 Å². The molecule has 29 heavy (non-hydrogen) atoms. The van der Waals surface area contributed by atoms with Gasteiger partial charge in [-0.1, -0.05) is 6.07 Å². The average Bonchev–Trinajstić information content (AvgIpc) is 3.03. The third-order valence-electron chi connectivity index (χ3n) is 5.52. The second-order valence-electron chi connectivity index (χ2n) is 7.45. The van der Waals surface area contributed by atoms with E-state index in [1.807, 2.05) is 24.4 Å². The molecule has 0 radical (unpaired) electrons. The lowest BCUT2D eigenvalue weighted by Crippen LogP contribution is -3.19. The molecule has 1 aromatic carbocycles. The van der Waals surface area contributed by atoms with Crippen LogP contribution in [0.3, 0.4) is 0 Å². The van der Waals surface area contributed by atoms with Crippen LogP contribution < -0.4 is 25.0 Å². The number of pyridine rings is 1. The van der Waals surface area contributed by atoms with E-state index in [1.165, 1.54) is 11.8 Å². The largest absolute Gasteiger partial charge is 0.326 e. The lowest BCUT2D eigenvalue weighted by atomic mass is 10.1. The normalized spacial score (nSPS) is 20.2. The van der Waals surface area contributed by atoms with E-state index in [2.05, 4.69) is 15.2 Å². The molecule has 2 aromatic rings. The number of hydrogen-bond acceptors (Lipinski definition) is 4. The third kappa shape index (κ3) is 3.97. The van der Waals surface area contributed by atoms with Crippen molar-refractivity contribution in [2.24, 2.45) is 0 Å². The van der Waals surface area contributed by atoms with E-state index in [4.69, 9.17) is 0 Å². The molecular formula is C21H25N5O3+2. The number of H-pyrrole nitrogens is 1. The highest BCUT2D eigenvalue weighted by Crippen LogP contribution is 2.24. The number of aromatic nitrogens is 1. The molecule has 3 N–H and O–H groups in total. The minimum atomic E-state index is -0.334. The maximum atomic E-state index is 13.0. The van der Waals surface area contributed by atoms with E-state index < -0.39 is 0 Å². The van der Waals surface area contributed by atoms with E-state index in [-0.39, 0.29) is 30.2 Å². The minimum Gasteiger partial charge on any atom is -0.326 e. The summed E-state index contributed by atoms with van der Waals surface area (Å²) in [7, 11) is 0. The second-order valence-corrected chi connectivity index (χ2v) is 7.45. The Morgan fingerprint density at radius 1 is 1.10 bits per heavy atom. The first-order valence-electron chi connectivity index (χ1n) is 9.83. The van der Waals surface area contributed by atoms with Crippen LogP contribution in [0.5, 0.6) is 0 Å². The van der Waals surface area contributed by atoms with Crippen molar-refractivity contribution in [2.75, 3.05) is 41.3 Å². The van der Waals surface area contributed by atoms with E-state index in [0.29, 0.717) is 11.4 Å². The summed E-state index contributed by atoms with van der Waals surface area (Å²) in [6, 6.07) is 12.5. The molecule has 2 aliphatic rings. The third-order valence-corrected chi connectivity index (χ3v) is 5.52. The monoisotopic (exact) mass is 395 g/mol. The van der Waals surface area contributed by atoms with Crippen molar-refractivity contribution in [1.29, 1.82) is 0 Å². The van der Waals surface area contributed by atoms with Gasteiger partial charge in [-0.05, 0) is 30.3 Å². The fourth-order valence-corrected chi connectivity index (χ4v) is 4.08. The molecule has 0 spiro atoms. The van der Waals surface area contributed by atoms with Crippen LogP contribution in [0.25, 0.3) is 0 Å². The Labute approximate surface area is 169 Å². The van der Waals surface area contributed by atoms with Crippen molar-refractivity contribution in [3.8, 4) is 0 Å². The fourth-order valence-electron chi connectivity index (χ4n) is 4.08. The summed E-state index contributed by atoms with van der Waals surface area (Å²) in [4.78, 5) is 44.7. The summed E-state index contributed by atoms with van der Waals surface area (Å²) in [5, 5.41) is 2.68. The Kier molecular flexibility index (Phi) is 5.26. The molecule has 4 rings (SSSR count). The Bertz CT molecular complexity index is 908. The van der Waals surface area contributed by atoms with Gasteiger partial charge in [0.2, 0.25) is 11.8 Å². The van der Waals surface area contributed by atoms with Gasteiger partial charge in [0.1, 0.15) is 26.2 Å². The average molecular weight is 395 g/mol. The van der Waals surface area contributed by atoms with Crippen molar-refractivity contribution in [2.45, 2.75) is 19.4 Å². The number of aromatic amines is 1.